The van der Waals surface area contributed by atoms with Gasteiger partial charge in [0, 0.05) is 11.4 Å². The lowest BCUT2D eigenvalue weighted by Crippen LogP contribution is -3.28. The maximum atomic E-state index is 12.5. The number of piperazine rings is 1. The molecule has 3 rings (SSSR count). The zero-order valence-corrected chi connectivity index (χ0v) is 18.3. The Kier molecular flexibility index (Phi) is 7.60. The second-order valence-electron chi connectivity index (χ2n) is 8.34. The third kappa shape index (κ3) is 6.40. The Bertz CT molecular complexity index is 868. The molecule has 4 N–H and O–H groups in total. The first kappa shape index (κ1) is 22.0. The monoisotopic (exact) mass is 410 g/mol. The van der Waals surface area contributed by atoms with Crippen molar-refractivity contribution in [2.45, 2.75) is 27.2 Å². The first-order chi connectivity index (χ1) is 14.4. The van der Waals surface area contributed by atoms with E-state index in [2.05, 4.69) is 23.6 Å². The maximum absolute atomic E-state index is 12.5. The smallest absolute Gasteiger partial charge is 0.279 e. The number of carbonyl (C=O) groups excluding carboxylic acids is 2. The molecule has 1 aliphatic rings. The standard InChI is InChI=1S/C24H32N4O2/c1-4-20-7-5-6-8-22(20)26-24(30)17-28-11-9-27(10-12-28)16-23(29)25-21-14-18(2)13-19(3)15-21/h5-8,13-15H,4,9-12,16-17H2,1-3H3,(H,25,29)(H,26,30)/p+2. The molecule has 1 heterocycles. The first-order valence-electron chi connectivity index (χ1n) is 10.9. The number of hydrogen-bond donors (Lipinski definition) is 4. The molecular formula is C24H34N4O2+2. The van der Waals surface area contributed by atoms with Gasteiger partial charge in [-0.3, -0.25) is 9.59 Å². The van der Waals surface area contributed by atoms with E-state index in [1.54, 1.807) is 0 Å². The van der Waals surface area contributed by atoms with Crippen LogP contribution in [0.15, 0.2) is 42.5 Å². The molecule has 0 spiro atoms. The van der Waals surface area contributed by atoms with Crippen LogP contribution in [0, 0.1) is 13.8 Å². The summed E-state index contributed by atoms with van der Waals surface area (Å²) in [5, 5.41) is 6.08. The Morgan fingerprint density at radius 1 is 0.833 bits per heavy atom. The lowest BCUT2D eigenvalue weighted by atomic mass is 10.1. The second-order valence-corrected chi connectivity index (χ2v) is 8.34. The van der Waals surface area contributed by atoms with Crippen molar-refractivity contribution in [3.63, 3.8) is 0 Å². The van der Waals surface area contributed by atoms with Crippen LogP contribution in [-0.2, 0) is 16.0 Å². The fourth-order valence-electron chi connectivity index (χ4n) is 4.16. The summed E-state index contributed by atoms with van der Waals surface area (Å²) in [6, 6.07) is 14.1. The zero-order chi connectivity index (χ0) is 21.5. The van der Waals surface area contributed by atoms with Gasteiger partial charge in [-0.2, -0.15) is 0 Å². The highest BCUT2D eigenvalue weighted by molar-refractivity contribution is 5.92. The summed E-state index contributed by atoms with van der Waals surface area (Å²) in [7, 11) is 0. The van der Waals surface area contributed by atoms with Gasteiger partial charge >= 0.3 is 0 Å². The quantitative estimate of drug-likeness (QED) is 0.528. The van der Waals surface area contributed by atoms with Crippen LogP contribution >= 0.6 is 0 Å². The molecule has 2 aromatic rings. The molecule has 2 amide bonds. The molecule has 0 saturated carbocycles. The molecule has 1 saturated heterocycles. The van der Waals surface area contributed by atoms with E-state index in [-0.39, 0.29) is 11.8 Å². The van der Waals surface area contributed by atoms with E-state index in [1.165, 1.54) is 9.80 Å². The number of anilines is 2. The van der Waals surface area contributed by atoms with E-state index < -0.39 is 0 Å². The minimum Gasteiger partial charge on any atom is -0.321 e. The third-order valence-electron chi connectivity index (χ3n) is 5.66. The number of nitrogens with one attached hydrogen (secondary N) is 4. The minimum atomic E-state index is 0.0485. The fourth-order valence-corrected chi connectivity index (χ4v) is 4.16. The number of benzene rings is 2. The predicted octanol–water partition coefficient (Wildman–Crippen LogP) is 0.226. The number of rotatable bonds is 7. The van der Waals surface area contributed by atoms with Crippen LogP contribution in [0.4, 0.5) is 11.4 Å². The molecule has 0 aliphatic carbocycles. The van der Waals surface area contributed by atoms with E-state index in [0.717, 1.165) is 60.7 Å². The molecule has 0 radical (unpaired) electrons. The number of aryl methyl sites for hydroxylation is 3. The fraction of sp³-hybridized carbons (Fsp3) is 0.417. The van der Waals surface area contributed by atoms with Gasteiger partial charge in [0.15, 0.2) is 13.1 Å². The van der Waals surface area contributed by atoms with Gasteiger partial charge in [-0.05, 0) is 55.2 Å². The van der Waals surface area contributed by atoms with Gasteiger partial charge in [-0.15, -0.1) is 0 Å². The van der Waals surface area contributed by atoms with Gasteiger partial charge in [0.05, 0.1) is 0 Å². The molecule has 0 atom stereocenters. The summed E-state index contributed by atoms with van der Waals surface area (Å²) < 4.78 is 0. The highest BCUT2D eigenvalue weighted by atomic mass is 16.2. The number of carbonyl (C=O) groups is 2. The molecule has 0 aromatic heterocycles. The Morgan fingerprint density at radius 2 is 1.37 bits per heavy atom. The Hall–Kier alpha value is -2.70. The Labute approximate surface area is 179 Å². The molecule has 6 heteroatoms. The van der Waals surface area contributed by atoms with Crippen LogP contribution in [0.2, 0.25) is 0 Å². The lowest BCUT2D eigenvalue weighted by Gasteiger charge is -2.29. The molecule has 1 aliphatic heterocycles. The summed E-state index contributed by atoms with van der Waals surface area (Å²) in [5.41, 5.74) is 5.23. The number of quaternary nitrogens is 2. The Morgan fingerprint density at radius 3 is 1.93 bits per heavy atom. The summed E-state index contributed by atoms with van der Waals surface area (Å²) in [4.78, 5) is 27.4. The van der Waals surface area contributed by atoms with Gasteiger partial charge < -0.3 is 20.4 Å². The molecule has 1 fully saturated rings. The molecule has 2 aromatic carbocycles. The van der Waals surface area contributed by atoms with Crippen LogP contribution in [0.25, 0.3) is 0 Å². The summed E-state index contributed by atoms with van der Waals surface area (Å²) in [5.74, 6) is 0.106. The summed E-state index contributed by atoms with van der Waals surface area (Å²) >= 11 is 0. The summed E-state index contributed by atoms with van der Waals surface area (Å²) in [6.45, 7) is 10.7. The number of para-hydroxylation sites is 1. The second kappa shape index (κ2) is 10.4. The maximum Gasteiger partial charge on any atom is 0.279 e. The van der Waals surface area contributed by atoms with Gasteiger partial charge in [0.1, 0.15) is 26.2 Å². The number of hydrogen-bond acceptors (Lipinski definition) is 2. The van der Waals surface area contributed by atoms with Crippen molar-refractivity contribution in [2.24, 2.45) is 0 Å². The van der Waals surface area contributed by atoms with Crippen molar-refractivity contribution in [1.29, 1.82) is 0 Å². The van der Waals surface area contributed by atoms with E-state index in [9.17, 15) is 9.59 Å². The average Bonchev–Trinajstić information content (AvgIpc) is 2.69. The molecule has 160 valence electrons. The molecular weight excluding hydrogens is 376 g/mol. The van der Waals surface area contributed by atoms with Gasteiger partial charge in [-0.25, -0.2) is 0 Å². The third-order valence-corrected chi connectivity index (χ3v) is 5.66. The minimum absolute atomic E-state index is 0.0485. The van der Waals surface area contributed by atoms with Crippen molar-refractivity contribution in [2.75, 3.05) is 49.9 Å². The van der Waals surface area contributed by atoms with Crippen molar-refractivity contribution < 1.29 is 19.4 Å². The molecule has 0 unspecified atom stereocenters. The van der Waals surface area contributed by atoms with E-state index in [0.29, 0.717) is 13.1 Å². The highest BCUT2D eigenvalue weighted by Crippen LogP contribution is 2.15. The van der Waals surface area contributed by atoms with Crippen molar-refractivity contribution in [1.82, 2.24) is 0 Å². The van der Waals surface area contributed by atoms with Gasteiger partial charge in [0.25, 0.3) is 11.8 Å². The largest absolute Gasteiger partial charge is 0.321 e. The SMILES string of the molecule is CCc1ccccc1NC(=O)C[NH+]1CC[NH+](CC(=O)Nc2cc(C)cc(C)c2)CC1. The topological polar surface area (TPSA) is 67.1 Å². The van der Waals surface area contributed by atoms with Crippen molar-refractivity contribution in [3.8, 4) is 0 Å². The molecule has 0 bridgehead atoms. The van der Waals surface area contributed by atoms with E-state index in [4.69, 9.17) is 0 Å². The summed E-state index contributed by atoms with van der Waals surface area (Å²) in [6.07, 6.45) is 0.898. The number of amides is 2. The van der Waals surface area contributed by atoms with E-state index in [1.807, 2.05) is 50.2 Å². The van der Waals surface area contributed by atoms with Crippen LogP contribution in [0.5, 0.6) is 0 Å². The van der Waals surface area contributed by atoms with E-state index >= 15 is 0 Å². The average molecular weight is 411 g/mol. The van der Waals surface area contributed by atoms with Crippen LogP contribution in [0.1, 0.15) is 23.6 Å². The molecule has 30 heavy (non-hydrogen) atoms. The van der Waals surface area contributed by atoms with Crippen molar-refractivity contribution >= 4 is 23.2 Å². The van der Waals surface area contributed by atoms with Gasteiger partial charge in [-0.1, -0.05) is 31.2 Å². The zero-order valence-electron chi connectivity index (χ0n) is 18.3. The Balaban J connectivity index is 1.42. The van der Waals surface area contributed by atoms with Crippen molar-refractivity contribution in [3.05, 3.63) is 59.2 Å². The first-order valence-corrected chi connectivity index (χ1v) is 10.9. The molecule has 6 nitrogen and oxygen atoms in total. The van der Waals surface area contributed by atoms with Crippen LogP contribution in [-0.4, -0.2) is 51.1 Å². The van der Waals surface area contributed by atoms with Crippen LogP contribution in [0.3, 0.4) is 0 Å². The highest BCUT2D eigenvalue weighted by Gasteiger charge is 2.26. The predicted molar refractivity (Wildman–Crippen MR) is 120 cm³/mol. The van der Waals surface area contributed by atoms with Gasteiger partial charge in [0.2, 0.25) is 0 Å². The van der Waals surface area contributed by atoms with Crippen LogP contribution < -0.4 is 20.4 Å². The normalized spacial score (nSPS) is 18.6. The lowest BCUT2D eigenvalue weighted by molar-refractivity contribution is -1.00.